The number of piperidine rings is 1. The fourth-order valence-corrected chi connectivity index (χ4v) is 3.38. The zero-order valence-electron chi connectivity index (χ0n) is 11.4. The third-order valence-corrected chi connectivity index (χ3v) is 4.71. The van der Waals surface area contributed by atoms with Crippen LogP contribution in [0.25, 0.3) is 0 Å². The van der Waals surface area contributed by atoms with Crippen LogP contribution in [-0.2, 0) is 0 Å². The Bertz CT molecular complexity index is 246. The predicted octanol–water partition coefficient (Wildman–Crippen LogP) is 1.61. The Kier molecular flexibility index (Phi) is 4.45. The lowest BCUT2D eigenvalue weighted by molar-refractivity contribution is -0.0253. The van der Waals surface area contributed by atoms with Crippen LogP contribution in [0, 0.1) is 5.92 Å². The van der Waals surface area contributed by atoms with Crippen LogP contribution in [0.1, 0.15) is 46.0 Å². The second-order valence-electron chi connectivity index (χ2n) is 6.03. The first-order valence-corrected chi connectivity index (χ1v) is 7.32. The van der Waals surface area contributed by atoms with E-state index >= 15 is 0 Å². The minimum Gasteiger partial charge on any atom is -0.388 e. The van der Waals surface area contributed by atoms with Gasteiger partial charge in [-0.3, -0.25) is 0 Å². The summed E-state index contributed by atoms with van der Waals surface area (Å²) in [6.07, 6.45) is 5.44. The highest BCUT2D eigenvalue weighted by atomic mass is 16.3. The van der Waals surface area contributed by atoms with E-state index in [1.54, 1.807) is 0 Å². The molecule has 0 aromatic carbocycles. The van der Waals surface area contributed by atoms with Gasteiger partial charge in [-0.1, -0.05) is 13.8 Å². The Morgan fingerprint density at radius 2 is 2.18 bits per heavy atom. The van der Waals surface area contributed by atoms with E-state index in [4.69, 9.17) is 0 Å². The monoisotopic (exact) mass is 240 g/mol. The van der Waals surface area contributed by atoms with Crippen LogP contribution in [0.5, 0.6) is 0 Å². The lowest BCUT2D eigenvalue weighted by Gasteiger charge is -2.40. The van der Waals surface area contributed by atoms with Crippen LogP contribution < -0.4 is 5.32 Å². The Labute approximate surface area is 106 Å². The molecule has 0 radical (unpaired) electrons. The molecule has 2 aliphatic heterocycles. The minimum atomic E-state index is -0.460. The van der Waals surface area contributed by atoms with E-state index < -0.39 is 5.60 Å². The van der Waals surface area contributed by atoms with Crippen molar-refractivity contribution in [1.82, 2.24) is 10.2 Å². The maximum atomic E-state index is 10.9. The third kappa shape index (κ3) is 3.21. The summed E-state index contributed by atoms with van der Waals surface area (Å²) in [5.74, 6) is 0.760. The largest absolute Gasteiger partial charge is 0.388 e. The molecular weight excluding hydrogens is 212 g/mol. The van der Waals surface area contributed by atoms with Gasteiger partial charge in [0.1, 0.15) is 0 Å². The summed E-state index contributed by atoms with van der Waals surface area (Å²) in [4.78, 5) is 2.46. The van der Waals surface area contributed by atoms with Crippen LogP contribution in [0.3, 0.4) is 0 Å². The number of nitrogens with one attached hydrogen (secondary N) is 1. The second-order valence-corrected chi connectivity index (χ2v) is 6.03. The molecule has 17 heavy (non-hydrogen) atoms. The Hall–Kier alpha value is -0.120. The van der Waals surface area contributed by atoms with Crippen molar-refractivity contribution in [2.75, 3.05) is 26.2 Å². The van der Waals surface area contributed by atoms with Gasteiger partial charge in [-0.25, -0.2) is 0 Å². The molecule has 2 fully saturated rings. The molecular formula is C14H28N2O. The van der Waals surface area contributed by atoms with Crippen molar-refractivity contribution >= 4 is 0 Å². The third-order valence-electron chi connectivity index (χ3n) is 4.71. The van der Waals surface area contributed by atoms with Gasteiger partial charge in [-0.05, 0) is 57.7 Å². The molecule has 0 aromatic heterocycles. The van der Waals surface area contributed by atoms with Gasteiger partial charge >= 0.3 is 0 Å². The molecule has 0 aromatic rings. The van der Waals surface area contributed by atoms with Crippen molar-refractivity contribution in [2.45, 2.75) is 57.6 Å². The molecule has 0 aliphatic carbocycles. The Morgan fingerprint density at radius 3 is 2.88 bits per heavy atom. The van der Waals surface area contributed by atoms with E-state index in [0.717, 1.165) is 57.8 Å². The highest BCUT2D eigenvalue weighted by Gasteiger charge is 2.39. The van der Waals surface area contributed by atoms with Crippen LogP contribution in [0.15, 0.2) is 0 Å². The molecule has 2 aliphatic rings. The summed E-state index contributed by atoms with van der Waals surface area (Å²) in [6, 6.07) is 0.322. The van der Waals surface area contributed by atoms with Gasteiger partial charge < -0.3 is 15.3 Å². The van der Waals surface area contributed by atoms with E-state index in [1.165, 1.54) is 6.42 Å². The Morgan fingerprint density at radius 1 is 1.35 bits per heavy atom. The predicted molar refractivity (Wildman–Crippen MR) is 71.1 cm³/mol. The van der Waals surface area contributed by atoms with Crippen LogP contribution >= 0.6 is 0 Å². The number of hydrogen-bond acceptors (Lipinski definition) is 3. The summed E-state index contributed by atoms with van der Waals surface area (Å²) in [5, 5.41) is 14.5. The van der Waals surface area contributed by atoms with Gasteiger partial charge in [0.25, 0.3) is 0 Å². The average molecular weight is 240 g/mol. The molecule has 0 spiro atoms. The summed E-state index contributed by atoms with van der Waals surface area (Å²) in [5.41, 5.74) is -0.460. The molecule has 0 bridgehead atoms. The topological polar surface area (TPSA) is 35.5 Å². The van der Waals surface area contributed by atoms with Gasteiger partial charge in [-0.2, -0.15) is 0 Å². The molecule has 0 amide bonds. The van der Waals surface area contributed by atoms with E-state index in [2.05, 4.69) is 24.1 Å². The second kappa shape index (κ2) is 5.68. The number of likely N-dealkylation sites (tertiary alicyclic amines) is 1. The fraction of sp³-hybridized carbons (Fsp3) is 1.00. The summed E-state index contributed by atoms with van der Waals surface area (Å²) in [6.45, 7) is 8.93. The quantitative estimate of drug-likeness (QED) is 0.770. The molecule has 2 heterocycles. The molecule has 0 saturated carbocycles. The normalized spacial score (nSPS) is 41.1. The molecule has 2 saturated heterocycles. The van der Waals surface area contributed by atoms with E-state index in [0.29, 0.717) is 6.04 Å². The van der Waals surface area contributed by atoms with Crippen LogP contribution in [-0.4, -0.2) is 47.8 Å². The standard InChI is InChI=1S/C14H28N2O/c1-3-16-9-4-6-14(17,7-10-16)13-11-12(2)5-8-15-13/h12-13,15,17H,3-11H2,1-2H3. The van der Waals surface area contributed by atoms with E-state index in [-0.39, 0.29) is 0 Å². The maximum Gasteiger partial charge on any atom is 0.0812 e. The van der Waals surface area contributed by atoms with Crippen molar-refractivity contribution in [3.63, 3.8) is 0 Å². The van der Waals surface area contributed by atoms with Crippen molar-refractivity contribution in [3.05, 3.63) is 0 Å². The molecule has 3 nitrogen and oxygen atoms in total. The van der Waals surface area contributed by atoms with Gasteiger partial charge in [0.05, 0.1) is 5.60 Å². The molecule has 2 rings (SSSR count). The maximum absolute atomic E-state index is 10.9. The number of hydrogen-bond donors (Lipinski definition) is 2. The van der Waals surface area contributed by atoms with E-state index in [9.17, 15) is 5.11 Å². The highest BCUT2D eigenvalue weighted by Crippen LogP contribution is 2.31. The summed E-state index contributed by atoms with van der Waals surface area (Å²) in [7, 11) is 0. The van der Waals surface area contributed by atoms with E-state index in [1.807, 2.05) is 0 Å². The van der Waals surface area contributed by atoms with Crippen molar-refractivity contribution in [2.24, 2.45) is 5.92 Å². The summed E-state index contributed by atoms with van der Waals surface area (Å²) < 4.78 is 0. The molecule has 100 valence electrons. The zero-order chi connectivity index (χ0) is 12.3. The number of rotatable bonds is 2. The highest BCUT2D eigenvalue weighted by molar-refractivity contribution is 4.96. The van der Waals surface area contributed by atoms with Crippen molar-refractivity contribution < 1.29 is 5.11 Å². The smallest absolute Gasteiger partial charge is 0.0812 e. The van der Waals surface area contributed by atoms with Crippen LogP contribution in [0.4, 0.5) is 0 Å². The zero-order valence-corrected chi connectivity index (χ0v) is 11.4. The van der Waals surface area contributed by atoms with Crippen LogP contribution in [0.2, 0.25) is 0 Å². The molecule has 3 unspecified atom stereocenters. The first-order valence-electron chi connectivity index (χ1n) is 7.32. The molecule has 3 heteroatoms. The van der Waals surface area contributed by atoms with Crippen molar-refractivity contribution in [1.29, 1.82) is 0 Å². The van der Waals surface area contributed by atoms with Crippen molar-refractivity contribution in [3.8, 4) is 0 Å². The SMILES string of the molecule is CCN1CCCC(O)(C2CC(C)CCN2)CC1. The van der Waals surface area contributed by atoms with Gasteiger partial charge in [0, 0.05) is 12.6 Å². The summed E-state index contributed by atoms with van der Waals surface area (Å²) >= 11 is 0. The minimum absolute atomic E-state index is 0.322. The fourth-order valence-electron chi connectivity index (χ4n) is 3.38. The molecule has 2 N–H and O–H groups in total. The first-order chi connectivity index (χ1) is 8.14. The van der Waals surface area contributed by atoms with Gasteiger partial charge in [-0.15, -0.1) is 0 Å². The lowest BCUT2D eigenvalue weighted by Crippen LogP contribution is -2.54. The average Bonchev–Trinajstić information content (AvgIpc) is 2.52. The Balaban J connectivity index is 1.97. The molecule has 3 atom stereocenters. The number of aliphatic hydroxyl groups is 1. The lowest BCUT2D eigenvalue weighted by atomic mass is 9.79. The first kappa shape index (κ1) is 13.3. The number of nitrogens with zero attached hydrogens (tertiary/aromatic N) is 1. The van der Waals surface area contributed by atoms with Gasteiger partial charge in [0.15, 0.2) is 0 Å². The van der Waals surface area contributed by atoms with Gasteiger partial charge in [0.2, 0.25) is 0 Å².